The summed E-state index contributed by atoms with van der Waals surface area (Å²) in [5.41, 5.74) is 6.44. The van der Waals surface area contributed by atoms with Crippen LogP contribution in [0.4, 0.5) is 0 Å². The van der Waals surface area contributed by atoms with Crippen LogP contribution in [0.1, 0.15) is 5.69 Å². The van der Waals surface area contributed by atoms with Crippen molar-refractivity contribution in [2.24, 2.45) is 5.73 Å². The molecule has 13 heavy (non-hydrogen) atoms. The van der Waals surface area contributed by atoms with E-state index in [0.29, 0.717) is 6.42 Å². The molecule has 5 heteroatoms. The minimum atomic E-state index is -0.190. The summed E-state index contributed by atoms with van der Waals surface area (Å²) < 4.78 is 0. The SMILES string of the molecule is Cl.Cl.N[C@H](CO)Cc1ccccn1. The minimum absolute atomic E-state index is 0. The molecule has 0 aliphatic rings. The monoisotopic (exact) mass is 224 g/mol. The molecular weight excluding hydrogens is 211 g/mol. The predicted octanol–water partition coefficient (Wildman–Crippen LogP) is 0.787. The molecule has 0 bridgehead atoms. The molecule has 3 N–H and O–H groups in total. The lowest BCUT2D eigenvalue weighted by Crippen LogP contribution is -2.27. The zero-order valence-corrected chi connectivity index (χ0v) is 8.72. The topological polar surface area (TPSA) is 59.1 Å². The molecule has 0 spiro atoms. The van der Waals surface area contributed by atoms with Crippen molar-refractivity contribution in [3.63, 3.8) is 0 Å². The Balaban J connectivity index is 0. The summed E-state index contributed by atoms with van der Waals surface area (Å²) in [6.07, 6.45) is 2.36. The molecule has 0 saturated heterocycles. The van der Waals surface area contributed by atoms with E-state index in [1.54, 1.807) is 6.20 Å². The summed E-state index contributed by atoms with van der Waals surface area (Å²) >= 11 is 0. The molecule has 0 saturated carbocycles. The standard InChI is InChI=1S/C8H12N2O.2ClH/c9-7(6-11)5-8-3-1-2-4-10-8;;/h1-4,7,11H,5-6,9H2;2*1H/t7-;;/m0../s1. The molecule has 76 valence electrons. The highest BCUT2D eigenvalue weighted by atomic mass is 35.5. The smallest absolute Gasteiger partial charge is 0.0586 e. The van der Waals surface area contributed by atoms with E-state index in [9.17, 15) is 0 Å². The Kier molecular flexibility index (Phi) is 9.61. The van der Waals surface area contributed by atoms with Crippen molar-refractivity contribution < 1.29 is 5.11 Å². The van der Waals surface area contributed by atoms with Crippen molar-refractivity contribution >= 4 is 24.8 Å². The van der Waals surface area contributed by atoms with Gasteiger partial charge in [0.25, 0.3) is 0 Å². The molecule has 1 atom stereocenters. The minimum Gasteiger partial charge on any atom is -0.395 e. The first-order chi connectivity index (χ1) is 5.33. The van der Waals surface area contributed by atoms with Gasteiger partial charge in [-0.25, -0.2) is 0 Å². The third-order valence-corrected chi connectivity index (χ3v) is 1.43. The molecule has 1 rings (SSSR count). The molecular formula is C8H14Cl2N2O. The van der Waals surface area contributed by atoms with Crippen LogP contribution in [0.2, 0.25) is 0 Å². The van der Waals surface area contributed by atoms with Crippen LogP contribution >= 0.6 is 24.8 Å². The largest absolute Gasteiger partial charge is 0.395 e. The molecule has 1 heterocycles. The summed E-state index contributed by atoms with van der Waals surface area (Å²) in [6, 6.07) is 5.47. The molecule has 1 aromatic rings. The highest BCUT2D eigenvalue weighted by Gasteiger charge is 2.01. The third-order valence-electron chi connectivity index (χ3n) is 1.43. The Hall–Kier alpha value is -0.350. The van der Waals surface area contributed by atoms with Crippen molar-refractivity contribution in [3.8, 4) is 0 Å². The molecule has 0 fully saturated rings. The lowest BCUT2D eigenvalue weighted by Gasteiger charge is -2.05. The van der Waals surface area contributed by atoms with Gasteiger partial charge in [0, 0.05) is 24.4 Å². The summed E-state index contributed by atoms with van der Waals surface area (Å²) in [5, 5.41) is 8.64. The van der Waals surface area contributed by atoms with E-state index >= 15 is 0 Å². The number of aliphatic hydroxyl groups excluding tert-OH is 1. The van der Waals surface area contributed by atoms with Crippen molar-refractivity contribution in [2.45, 2.75) is 12.5 Å². The lowest BCUT2D eigenvalue weighted by atomic mass is 10.2. The van der Waals surface area contributed by atoms with Gasteiger partial charge in [-0.05, 0) is 12.1 Å². The van der Waals surface area contributed by atoms with Crippen LogP contribution in [-0.4, -0.2) is 22.7 Å². The van der Waals surface area contributed by atoms with Crippen molar-refractivity contribution in [3.05, 3.63) is 30.1 Å². The fraction of sp³-hybridized carbons (Fsp3) is 0.375. The summed E-state index contributed by atoms with van der Waals surface area (Å²) in [4.78, 5) is 4.08. The molecule has 0 radical (unpaired) electrons. The number of aliphatic hydroxyl groups is 1. The van der Waals surface area contributed by atoms with Crippen LogP contribution in [0.5, 0.6) is 0 Å². The van der Waals surface area contributed by atoms with Crippen LogP contribution in [0.15, 0.2) is 24.4 Å². The number of pyridine rings is 1. The van der Waals surface area contributed by atoms with E-state index in [1.165, 1.54) is 0 Å². The average molecular weight is 225 g/mol. The van der Waals surface area contributed by atoms with E-state index < -0.39 is 0 Å². The van der Waals surface area contributed by atoms with Gasteiger partial charge in [0.2, 0.25) is 0 Å². The number of nitrogens with two attached hydrogens (primary N) is 1. The number of nitrogens with zero attached hydrogens (tertiary/aromatic N) is 1. The lowest BCUT2D eigenvalue weighted by molar-refractivity contribution is 0.264. The van der Waals surface area contributed by atoms with Gasteiger partial charge < -0.3 is 10.8 Å². The van der Waals surface area contributed by atoms with Crippen molar-refractivity contribution in [1.82, 2.24) is 4.98 Å². The fourth-order valence-electron chi connectivity index (χ4n) is 0.852. The Morgan fingerprint density at radius 2 is 2.08 bits per heavy atom. The Bertz CT molecular complexity index is 209. The van der Waals surface area contributed by atoms with Crippen LogP contribution in [0.3, 0.4) is 0 Å². The maximum atomic E-state index is 8.64. The number of rotatable bonds is 3. The summed E-state index contributed by atoms with van der Waals surface area (Å²) in [6.45, 7) is 0.0105. The molecule has 0 aliphatic heterocycles. The average Bonchev–Trinajstić information content (AvgIpc) is 2.06. The van der Waals surface area contributed by atoms with E-state index in [4.69, 9.17) is 10.8 Å². The van der Waals surface area contributed by atoms with E-state index in [0.717, 1.165) is 5.69 Å². The third kappa shape index (κ3) is 5.82. The van der Waals surface area contributed by atoms with Gasteiger partial charge >= 0.3 is 0 Å². The zero-order chi connectivity index (χ0) is 8.10. The summed E-state index contributed by atoms with van der Waals surface area (Å²) in [7, 11) is 0. The van der Waals surface area contributed by atoms with Crippen LogP contribution in [0, 0.1) is 0 Å². The second-order valence-electron chi connectivity index (χ2n) is 2.47. The molecule has 1 aromatic heterocycles. The van der Waals surface area contributed by atoms with Crippen LogP contribution < -0.4 is 5.73 Å². The van der Waals surface area contributed by atoms with E-state index in [2.05, 4.69) is 4.98 Å². The first-order valence-electron chi connectivity index (χ1n) is 3.59. The van der Waals surface area contributed by atoms with Crippen LogP contribution in [-0.2, 0) is 6.42 Å². The Morgan fingerprint density at radius 3 is 2.54 bits per heavy atom. The van der Waals surface area contributed by atoms with Gasteiger partial charge in [-0.15, -0.1) is 24.8 Å². The second-order valence-corrected chi connectivity index (χ2v) is 2.47. The van der Waals surface area contributed by atoms with Gasteiger partial charge in [0.15, 0.2) is 0 Å². The maximum absolute atomic E-state index is 8.64. The van der Waals surface area contributed by atoms with Gasteiger partial charge in [-0.1, -0.05) is 6.07 Å². The highest BCUT2D eigenvalue weighted by molar-refractivity contribution is 5.85. The normalized spacial score (nSPS) is 10.9. The second kappa shape index (κ2) is 8.26. The quantitative estimate of drug-likeness (QED) is 0.799. The number of hydrogen-bond donors (Lipinski definition) is 2. The van der Waals surface area contributed by atoms with Crippen molar-refractivity contribution in [2.75, 3.05) is 6.61 Å². The van der Waals surface area contributed by atoms with Gasteiger partial charge in [-0.2, -0.15) is 0 Å². The maximum Gasteiger partial charge on any atom is 0.0586 e. The predicted molar refractivity (Wildman–Crippen MR) is 57.5 cm³/mol. The highest BCUT2D eigenvalue weighted by Crippen LogP contribution is 1.96. The number of halogens is 2. The number of aromatic nitrogens is 1. The molecule has 0 aliphatic carbocycles. The van der Waals surface area contributed by atoms with Crippen molar-refractivity contribution in [1.29, 1.82) is 0 Å². The zero-order valence-electron chi connectivity index (χ0n) is 7.09. The Labute approximate surface area is 90.2 Å². The number of hydrogen-bond acceptors (Lipinski definition) is 3. The summed E-state index contributed by atoms with van der Waals surface area (Å²) in [5.74, 6) is 0. The van der Waals surface area contributed by atoms with Crippen LogP contribution in [0.25, 0.3) is 0 Å². The molecule has 0 unspecified atom stereocenters. The van der Waals surface area contributed by atoms with Gasteiger partial charge in [0.1, 0.15) is 0 Å². The molecule has 3 nitrogen and oxygen atoms in total. The molecule has 0 amide bonds. The molecule has 0 aromatic carbocycles. The fourth-order valence-corrected chi connectivity index (χ4v) is 0.852. The van der Waals surface area contributed by atoms with Gasteiger partial charge in [0.05, 0.1) is 6.61 Å². The first-order valence-corrected chi connectivity index (χ1v) is 3.59. The van der Waals surface area contributed by atoms with Gasteiger partial charge in [-0.3, -0.25) is 4.98 Å². The van der Waals surface area contributed by atoms with E-state index in [-0.39, 0.29) is 37.5 Å². The first kappa shape index (κ1) is 15.1. The van der Waals surface area contributed by atoms with E-state index in [1.807, 2.05) is 18.2 Å². The Morgan fingerprint density at radius 1 is 1.38 bits per heavy atom.